The first-order valence-corrected chi connectivity index (χ1v) is 5.96. The van der Waals surface area contributed by atoms with E-state index in [0.29, 0.717) is 0 Å². The maximum Gasteiger partial charge on any atom is 0.338 e. The van der Waals surface area contributed by atoms with Gasteiger partial charge in [0.2, 0.25) is 0 Å². The predicted octanol–water partition coefficient (Wildman–Crippen LogP) is 1.59. The SMILES string of the molecule is CN(O[SH](=O)=O)c1c(Cl)cc(Cl)cc1C(=O)O. The van der Waals surface area contributed by atoms with Gasteiger partial charge in [-0.3, -0.25) is 0 Å². The van der Waals surface area contributed by atoms with Gasteiger partial charge in [-0.2, -0.15) is 4.28 Å². The van der Waals surface area contributed by atoms with Crippen LogP contribution in [0.2, 0.25) is 10.0 Å². The number of hydrogen-bond acceptors (Lipinski definition) is 5. The van der Waals surface area contributed by atoms with Crippen molar-refractivity contribution in [2.45, 2.75) is 0 Å². The topological polar surface area (TPSA) is 83.9 Å². The van der Waals surface area contributed by atoms with Crippen LogP contribution in [0.3, 0.4) is 0 Å². The fourth-order valence-corrected chi connectivity index (χ4v) is 2.08. The van der Waals surface area contributed by atoms with Gasteiger partial charge in [-0.25, -0.2) is 18.3 Å². The first kappa shape index (κ1) is 14.0. The molecule has 0 aliphatic heterocycles. The highest BCUT2D eigenvalue weighted by Gasteiger charge is 2.19. The normalized spacial score (nSPS) is 10.6. The maximum atomic E-state index is 11.0. The largest absolute Gasteiger partial charge is 0.478 e. The molecule has 1 N–H and O–H groups in total. The second-order valence-electron chi connectivity index (χ2n) is 2.89. The Morgan fingerprint density at radius 3 is 2.47 bits per heavy atom. The zero-order valence-corrected chi connectivity index (χ0v) is 10.8. The van der Waals surface area contributed by atoms with Crippen molar-refractivity contribution in [2.75, 3.05) is 12.1 Å². The Morgan fingerprint density at radius 1 is 1.41 bits per heavy atom. The van der Waals surface area contributed by atoms with Gasteiger partial charge in [0, 0.05) is 12.1 Å². The van der Waals surface area contributed by atoms with Gasteiger partial charge < -0.3 is 5.11 Å². The quantitative estimate of drug-likeness (QED) is 0.649. The second-order valence-corrected chi connectivity index (χ2v) is 4.35. The Hall–Kier alpha value is -1.02. The minimum atomic E-state index is -3.17. The Morgan fingerprint density at radius 2 is 2.00 bits per heavy atom. The van der Waals surface area contributed by atoms with Crippen LogP contribution in [-0.2, 0) is 15.3 Å². The minimum Gasteiger partial charge on any atom is -0.478 e. The molecule has 0 heterocycles. The van der Waals surface area contributed by atoms with Crippen molar-refractivity contribution < 1.29 is 22.6 Å². The summed E-state index contributed by atoms with van der Waals surface area (Å²) in [6, 6.07) is 2.42. The van der Waals surface area contributed by atoms with Gasteiger partial charge in [0.15, 0.2) is 0 Å². The van der Waals surface area contributed by atoms with Crippen molar-refractivity contribution in [1.29, 1.82) is 0 Å². The fourth-order valence-electron chi connectivity index (χ4n) is 1.19. The first-order chi connectivity index (χ1) is 7.82. The summed E-state index contributed by atoms with van der Waals surface area (Å²) in [5.41, 5.74) is -0.357. The molecule has 0 unspecified atom stereocenters. The monoisotopic (exact) mass is 299 g/mol. The number of hydrogen-bond donors (Lipinski definition) is 2. The summed E-state index contributed by atoms with van der Waals surface area (Å²) in [5, 5.41) is 9.78. The van der Waals surface area contributed by atoms with E-state index < -0.39 is 17.0 Å². The van der Waals surface area contributed by atoms with Gasteiger partial charge in [0.25, 0.3) is 11.0 Å². The van der Waals surface area contributed by atoms with Crippen molar-refractivity contribution in [3.8, 4) is 0 Å². The molecule has 0 aliphatic carbocycles. The lowest BCUT2D eigenvalue weighted by Crippen LogP contribution is -2.20. The van der Waals surface area contributed by atoms with E-state index in [0.717, 1.165) is 11.1 Å². The number of nitrogens with zero attached hydrogens (tertiary/aromatic N) is 1. The average molecular weight is 300 g/mol. The third kappa shape index (κ3) is 3.47. The molecule has 94 valence electrons. The van der Waals surface area contributed by atoms with Crippen LogP contribution in [0.25, 0.3) is 0 Å². The van der Waals surface area contributed by atoms with E-state index in [-0.39, 0.29) is 21.3 Å². The molecule has 1 aromatic carbocycles. The number of aromatic carboxylic acids is 1. The summed E-state index contributed by atoms with van der Waals surface area (Å²) in [4.78, 5) is 11.0. The summed E-state index contributed by atoms with van der Waals surface area (Å²) in [5.74, 6) is -1.30. The number of anilines is 1. The number of halogens is 2. The molecule has 0 radical (unpaired) electrons. The highest BCUT2D eigenvalue weighted by molar-refractivity contribution is 7.67. The molecule has 1 aromatic rings. The summed E-state index contributed by atoms with van der Waals surface area (Å²) >= 11 is 11.4. The highest BCUT2D eigenvalue weighted by atomic mass is 35.5. The molecule has 0 bridgehead atoms. The van der Waals surface area contributed by atoms with Crippen LogP contribution in [0.5, 0.6) is 0 Å². The number of rotatable bonds is 4. The van der Waals surface area contributed by atoms with E-state index in [1.54, 1.807) is 0 Å². The van der Waals surface area contributed by atoms with Crippen LogP contribution >= 0.6 is 23.2 Å². The number of hydroxylamine groups is 1. The number of carboxylic acid groups (broad SMARTS) is 1. The van der Waals surface area contributed by atoms with Crippen LogP contribution in [0.1, 0.15) is 10.4 Å². The van der Waals surface area contributed by atoms with E-state index in [4.69, 9.17) is 28.3 Å². The maximum absolute atomic E-state index is 11.0. The third-order valence-corrected chi connectivity index (χ3v) is 2.65. The second kappa shape index (κ2) is 5.54. The molecule has 1 rings (SSSR count). The molecule has 0 fully saturated rings. The van der Waals surface area contributed by atoms with Crippen molar-refractivity contribution in [2.24, 2.45) is 0 Å². The number of benzene rings is 1. The molecular formula is C8H7Cl2NO5S. The molecule has 6 nitrogen and oxygen atoms in total. The van der Waals surface area contributed by atoms with Crippen LogP contribution < -0.4 is 5.06 Å². The van der Waals surface area contributed by atoms with Gasteiger partial charge in [-0.1, -0.05) is 23.2 Å². The van der Waals surface area contributed by atoms with E-state index in [2.05, 4.69) is 4.28 Å². The number of carboxylic acids is 1. The Balaban J connectivity index is 3.34. The lowest BCUT2D eigenvalue weighted by atomic mass is 10.2. The molecule has 0 saturated carbocycles. The first-order valence-electron chi connectivity index (χ1n) is 4.11. The Kier molecular flexibility index (Phi) is 4.58. The predicted molar refractivity (Wildman–Crippen MR) is 63.2 cm³/mol. The summed E-state index contributed by atoms with van der Waals surface area (Å²) in [7, 11) is -1.96. The summed E-state index contributed by atoms with van der Waals surface area (Å²) in [6.07, 6.45) is 0. The third-order valence-electron chi connectivity index (χ3n) is 1.76. The lowest BCUT2D eigenvalue weighted by Gasteiger charge is -2.18. The summed E-state index contributed by atoms with van der Waals surface area (Å²) in [6.45, 7) is 0. The van der Waals surface area contributed by atoms with E-state index in [9.17, 15) is 13.2 Å². The zero-order chi connectivity index (χ0) is 13.2. The van der Waals surface area contributed by atoms with Crippen molar-refractivity contribution in [1.82, 2.24) is 0 Å². The average Bonchev–Trinajstić information content (AvgIpc) is 2.14. The molecule has 17 heavy (non-hydrogen) atoms. The Bertz CT molecular complexity index is 523. The van der Waals surface area contributed by atoms with Crippen molar-refractivity contribution in [3.05, 3.63) is 27.7 Å². The molecule has 9 heteroatoms. The zero-order valence-electron chi connectivity index (χ0n) is 8.39. The molecular weight excluding hydrogens is 293 g/mol. The van der Waals surface area contributed by atoms with Gasteiger partial charge >= 0.3 is 5.97 Å². The highest BCUT2D eigenvalue weighted by Crippen LogP contribution is 2.32. The van der Waals surface area contributed by atoms with Gasteiger partial charge in [-0.15, -0.1) is 0 Å². The molecule has 0 saturated heterocycles. The van der Waals surface area contributed by atoms with E-state index in [1.165, 1.54) is 13.1 Å². The van der Waals surface area contributed by atoms with E-state index >= 15 is 0 Å². The smallest absolute Gasteiger partial charge is 0.338 e. The minimum absolute atomic E-state index is 0.0331. The van der Waals surface area contributed by atoms with Crippen LogP contribution in [-0.4, -0.2) is 26.5 Å². The molecule has 0 spiro atoms. The fraction of sp³-hybridized carbons (Fsp3) is 0.125. The van der Waals surface area contributed by atoms with Crippen LogP contribution in [0, 0.1) is 0 Å². The Labute approximate surface area is 108 Å². The molecule has 0 aromatic heterocycles. The van der Waals surface area contributed by atoms with Crippen LogP contribution in [0.15, 0.2) is 12.1 Å². The standard InChI is InChI=1S/C8H7Cl2NO5S/c1-11(16-17(14)15)7-5(8(12)13)2-4(9)3-6(7)10/h2-3,17H,1H3,(H,12,13). The van der Waals surface area contributed by atoms with Gasteiger partial charge in [0.05, 0.1) is 16.3 Å². The number of thiol groups is 1. The summed E-state index contributed by atoms with van der Waals surface area (Å²) < 4.78 is 25.1. The lowest BCUT2D eigenvalue weighted by molar-refractivity contribution is 0.0696. The number of carbonyl (C=O) groups is 1. The molecule has 0 atom stereocenters. The van der Waals surface area contributed by atoms with Gasteiger partial charge in [-0.05, 0) is 12.1 Å². The van der Waals surface area contributed by atoms with Crippen molar-refractivity contribution >= 4 is 45.8 Å². The molecule has 0 aliphatic rings. The van der Waals surface area contributed by atoms with E-state index in [1.807, 2.05) is 0 Å². The van der Waals surface area contributed by atoms with Gasteiger partial charge in [0.1, 0.15) is 0 Å². The molecule has 0 amide bonds. The van der Waals surface area contributed by atoms with Crippen LogP contribution in [0.4, 0.5) is 5.69 Å². The van der Waals surface area contributed by atoms with Crippen molar-refractivity contribution in [3.63, 3.8) is 0 Å².